The van der Waals surface area contributed by atoms with E-state index in [4.69, 9.17) is 5.73 Å². The number of aryl methyl sites for hydroxylation is 2. The fourth-order valence-corrected chi connectivity index (χ4v) is 2.30. The highest BCUT2D eigenvalue weighted by Crippen LogP contribution is 2.23. The highest BCUT2D eigenvalue weighted by atomic mass is 14.7. The maximum Gasteiger partial charge on any atom is 0.0705 e. The summed E-state index contributed by atoms with van der Waals surface area (Å²) in [5.41, 5.74) is 11.5. The molecule has 0 amide bonds. The predicted octanol–water partition coefficient (Wildman–Crippen LogP) is 3.29. The minimum absolute atomic E-state index is 0.159. The molecule has 0 aliphatic heterocycles. The lowest BCUT2D eigenvalue weighted by Crippen LogP contribution is -2.12. The second-order valence-electron chi connectivity index (χ2n) is 5.12. The van der Waals surface area contributed by atoms with E-state index in [2.05, 4.69) is 22.1 Å². The molecule has 0 aliphatic rings. The van der Waals surface area contributed by atoms with Crippen molar-refractivity contribution in [3.63, 3.8) is 0 Å². The zero-order valence-corrected chi connectivity index (χ0v) is 11.7. The van der Waals surface area contributed by atoms with Crippen molar-refractivity contribution in [2.45, 2.75) is 19.9 Å². The summed E-state index contributed by atoms with van der Waals surface area (Å²) in [6.07, 6.45) is 1.84. The largest absolute Gasteiger partial charge is 0.320 e. The summed E-state index contributed by atoms with van der Waals surface area (Å²) in [5, 5.41) is 1.11. The van der Waals surface area contributed by atoms with Crippen molar-refractivity contribution in [1.82, 2.24) is 9.97 Å². The molecule has 2 heterocycles. The summed E-state index contributed by atoms with van der Waals surface area (Å²) in [4.78, 5) is 8.81. The Kier molecular flexibility index (Phi) is 3.20. The summed E-state index contributed by atoms with van der Waals surface area (Å²) in [6, 6.07) is 14.1. The number of nitrogens with two attached hydrogens (primary N) is 1. The van der Waals surface area contributed by atoms with Crippen LogP contribution >= 0.6 is 0 Å². The van der Waals surface area contributed by atoms with Gasteiger partial charge in [-0.2, -0.15) is 0 Å². The molecule has 1 unspecified atom stereocenters. The third-order valence-electron chi connectivity index (χ3n) is 3.50. The Morgan fingerprint density at radius 2 is 1.65 bits per heavy atom. The van der Waals surface area contributed by atoms with Crippen molar-refractivity contribution in [1.29, 1.82) is 0 Å². The highest BCUT2D eigenvalue weighted by molar-refractivity contribution is 5.79. The lowest BCUT2D eigenvalue weighted by molar-refractivity contribution is 0.862. The van der Waals surface area contributed by atoms with E-state index in [-0.39, 0.29) is 6.04 Å². The summed E-state index contributed by atoms with van der Waals surface area (Å²) in [6.45, 7) is 3.97. The molecule has 0 fully saturated rings. The van der Waals surface area contributed by atoms with Crippen LogP contribution < -0.4 is 5.73 Å². The van der Waals surface area contributed by atoms with Gasteiger partial charge in [0.1, 0.15) is 0 Å². The number of hydrogen-bond acceptors (Lipinski definition) is 3. The van der Waals surface area contributed by atoms with E-state index in [1.165, 1.54) is 0 Å². The molecule has 3 rings (SSSR count). The van der Waals surface area contributed by atoms with Gasteiger partial charge in [0.25, 0.3) is 0 Å². The number of rotatable bonds is 2. The molecular weight excluding hydrogens is 246 g/mol. The molecule has 2 N–H and O–H groups in total. The van der Waals surface area contributed by atoms with E-state index >= 15 is 0 Å². The van der Waals surface area contributed by atoms with Gasteiger partial charge >= 0.3 is 0 Å². The van der Waals surface area contributed by atoms with Crippen molar-refractivity contribution in [2.24, 2.45) is 5.73 Å². The van der Waals surface area contributed by atoms with Crippen molar-refractivity contribution < 1.29 is 0 Å². The van der Waals surface area contributed by atoms with Crippen LogP contribution in [0.3, 0.4) is 0 Å². The number of pyridine rings is 2. The molecule has 0 spiro atoms. The van der Waals surface area contributed by atoms with Gasteiger partial charge in [-0.3, -0.25) is 9.97 Å². The van der Waals surface area contributed by atoms with Crippen molar-refractivity contribution in [3.8, 4) is 0 Å². The number of aromatic nitrogens is 2. The maximum absolute atomic E-state index is 6.33. The smallest absolute Gasteiger partial charge is 0.0705 e. The molecule has 3 heteroatoms. The van der Waals surface area contributed by atoms with E-state index in [9.17, 15) is 0 Å². The molecule has 0 aliphatic carbocycles. The van der Waals surface area contributed by atoms with Crippen molar-refractivity contribution in [3.05, 3.63) is 71.2 Å². The molecule has 20 heavy (non-hydrogen) atoms. The van der Waals surface area contributed by atoms with Gasteiger partial charge in [-0.1, -0.05) is 18.2 Å². The van der Waals surface area contributed by atoms with Gasteiger partial charge in [-0.05, 0) is 49.2 Å². The van der Waals surface area contributed by atoms with Gasteiger partial charge in [0.2, 0.25) is 0 Å². The second-order valence-corrected chi connectivity index (χ2v) is 5.12. The van der Waals surface area contributed by atoms with E-state index in [1.54, 1.807) is 0 Å². The van der Waals surface area contributed by atoms with E-state index < -0.39 is 0 Å². The summed E-state index contributed by atoms with van der Waals surface area (Å²) >= 11 is 0. The number of hydrogen-bond donors (Lipinski definition) is 1. The first-order valence-corrected chi connectivity index (χ1v) is 6.69. The monoisotopic (exact) mass is 263 g/mol. The van der Waals surface area contributed by atoms with E-state index in [0.717, 1.165) is 33.4 Å². The fraction of sp³-hybridized carbons (Fsp3) is 0.176. The van der Waals surface area contributed by atoms with Crippen LogP contribution in [-0.2, 0) is 0 Å². The Bertz CT molecular complexity index is 748. The van der Waals surface area contributed by atoms with Crippen LogP contribution in [0.2, 0.25) is 0 Å². The second kappa shape index (κ2) is 5.02. The Morgan fingerprint density at radius 1 is 0.900 bits per heavy atom. The molecular formula is C17H17N3. The van der Waals surface area contributed by atoms with Crippen LogP contribution in [-0.4, -0.2) is 9.97 Å². The summed E-state index contributed by atoms with van der Waals surface area (Å²) in [7, 11) is 0. The maximum atomic E-state index is 6.33. The topological polar surface area (TPSA) is 51.8 Å². The Hall–Kier alpha value is -2.26. The lowest BCUT2D eigenvalue weighted by Gasteiger charge is -2.13. The molecule has 100 valence electrons. The van der Waals surface area contributed by atoms with Gasteiger partial charge in [-0.15, -0.1) is 0 Å². The molecule has 2 aromatic heterocycles. The van der Waals surface area contributed by atoms with Gasteiger partial charge in [0.15, 0.2) is 0 Å². The summed E-state index contributed by atoms with van der Waals surface area (Å²) in [5.74, 6) is 0. The average Bonchev–Trinajstić information content (AvgIpc) is 2.47. The van der Waals surface area contributed by atoms with Crippen LogP contribution in [0.5, 0.6) is 0 Å². The van der Waals surface area contributed by atoms with Crippen LogP contribution in [0.25, 0.3) is 10.9 Å². The Balaban J connectivity index is 2.01. The van der Waals surface area contributed by atoms with Crippen LogP contribution in [0, 0.1) is 13.8 Å². The first-order valence-electron chi connectivity index (χ1n) is 6.69. The lowest BCUT2D eigenvalue weighted by atomic mass is 9.99. The highest BCUT2D eigenvalue weighted by Gasteiger charge is 2.10. The predicted molar refractivity (Wildman–Crippen MR) is 81.5 cm³/mol. The Labute approximate surface area is 118 Å². The van der Waals surface area contributed by atoms with Crippen molar-refractivity contribution >= 4 is 10.9 Å². The SMILES string of the molecule is Cc1ccc(C(N)c2ccc3nc(C)ccc3c2)cn1. The average molecular weight is 263 g/mol. The molecule has 1 aromatic carbocycles. The molecule has 0 radical (unpaired) electrons. The standard InChI is InChI=1S/C17H17N3/c1-11-3-6-15(10-19-11)17(18)14-7-8-16-13(9-14)5-4-12(2)20-16/h3-10,17H,18H2,1-2H3. The van der Waals surface area contributed by atoms with Gasteiger partial charge in [0, 0.05) is 23.0 Å². The van der Waals surface area contributed by atoms with Crippen LogP contribution in [0.1, 0.15) is 28.6 Å². The van der Waals surface area contributed by atoms with Crippen LogP contribution in [0.15, 0.2) is 48.7 Å². The quantitative estimate of drug-likeness (QED) is 0.771. The zero-order valence-electron chi connectivity index (χ0n) is 11.7. The van der Waals surface area contributed by atoms with Crippen molar-refractivity contribution in [2.75, 3.05) is 0 Å². The van der Waals surface area contributed by atoms with Gasteiger partial charge in [-0.25, -0.2) is 0 Å². The third kappa shape index (κ3) is 2.40. The normalized spacial score (nSPS) is 12.6. The molecule has 0 bridgehead atoms. The third-order valence-corrected chi connectivity index (χ3v) is 3.50. The van der Waals surface area contributed by atoms with Crippen LogP contribution in [0.4, 0.5) is 0 Å². The number of nitrogens with zero attached hydrogens (tertiary/aromatic N) is 2. The first-order chi connectivity index (χ1) is 9.63. The zero-order chi connectivity index (χ0) is 14.1. The van der Waals surface area contributed by atoms with Gasteiger partial charge in [0.05, 0.1) is 11.6 Å². The molecule has 0 saturated carbocycles. The first kappa shape index (κ1) is 12.8. The number of benzene rings is 1. The van der Waals surface area contributed by atoms with E-state index in [1.807, 2.05) is 50.4 Å². The minimum Gasteiger partial charge on any atom is -0.320 e. The van der Waals surface area contributed by atoms with E-state index in [0.29, 0.717) is 0 Å². The Morgan fingerprint density at radius 3 is 2.40 bits per heavy atom. The molecule has 3 nitrogen and oxygen atoms in total. The fourth-order valence-electron chi connectivity index (χ4n) is 2.30. The molecule has 0 saturated heterocycles. The molecule has 3 aromatic rings. The minimum atomic E-state index is -0.159. The summed E-state index contributed by atoms with van der Waals surface area (Å²) < 4.78 is 0. The van der Waals surface area contributed by atoms with Gasteiger partial charge < -0.3 is 5.73 Å². The molecule has 1 atom stereocenters. The number of fused-ring (bicyclic) bond motifs is 1.